The topological polar surface area (TPSA) is 46.0 Å². The van der Waals surface area contributed by atoms with E-state index >= 15 is 0 Å². The first kappa shape index (κ1) is 8.69. The van der Waals surface area contributed by atoms with Crippen molar-refractivity contribution in [3.05, 3.63) is 23.8 Å². The van der Waals surface area contributed by atoms with Crippen LogP contribution < -0.4 is 0 Å². The predicted octanol–water partition coefficient (Wildman–Crippen LogP) is 0.517. The van der Waals surface area contributed by atoms with E-state index in [0.29, 0.717) is 5.69 Å². The summed E-state index contributed by atoms with van der Waals surface area (Å²) in [7, 11) is 0. The van der Waals surface area contributed by atoms with E-state index in [9.17, 15) is 0 Å². The summed E-state index contributed by atoms with van der Waals surface area (Å²) in [5, 5.41) is 8.86. The maximum Gasteiger partial charge on any atom is 0.131 e. The molecule has 1 rings (SSSR count). The summed E-state index contributed by atoms with van der Waals surface area (Å²) in [5.41, 5.74) is 1.42. The Kier molecular flexibility index (Phi) is 2.78. The highest BCUT2D eigenvalue weighted by Gasteiger charge is 1.90. The van der Waals surface area contributed by atoms with Gasteiger partial charge in [-0.2, -0.15) is 0 Å². The number of nitrogens with zero attached hydrogens (tertiary/aromatic N) is 2. The molecule has 1 N–H and O–H groups in total. The summed E-state index contributed by atoms with van der Waals surface area (Å²) in [5.74, 6) is 5.30. The minimum absolute atomic E-state index is 0.593. The summed E-state index contributed by atoms with van der Waals surface area (Å²) in [6, 6.07) is 0. The van der Waals surface area contributed by atoms with Crippen molar-refractivity contribution in [3.63, 3.8) is 0 Å². The molecular formula is C9H10N2O. The second-order valence-corrected chi connectivity index (χ2v) is 2.49. The third-order valence-electron chi connectivity index (χ3n) is 1.16. The Morgan fingerprint density at radius 1 is 1.50 bits per heavy atom. The summed E-state index contributed by atoms with van der Waals surface area (Å²) in [6.45, 7) is 3.46. The van der Waals surface area contributed by atoms with Crippen LogP contribution in [0.2, 0.25) is 0 Å². The van der Waals surface area contributed by atoms with Crippen LogP contribution in [-0.4, -0.2) is 21.2 Å². The van der Waals surface area contributed by atoms with Crippen molar-refractivity contribution in [2.24, 2.45) is 0 Å². The maximum absolute atomic E-state index is 8.86. The third-order valence-corrected chi connectivity index (χ3v) is 1.16. The number of hydrogen-bond acceptors (Lipinski definition) is 3. The van der Waals surface area contributed by atoms with Gasteiger partial charge in [-0.3, -0.25) is 4.98 Å². The Morgan fingerprint density at radius 3 is 2.83 bits per heavy atom. The van der Waals surface area contributed by atoms with Gasteiger partial charge < -0.3 is 5.11 Å². The summed E-state index contributed by atoms with van der Waals surface area (Å²) in [4.78, 5) is 8.01. The quantitative estimate of drug-likeness (QED) is 0.565. The zero-order chi connectivity index (χ0) is 8.97. The molecule has 3 heteroatoms. The van der Waals surface area contributed by atoms with Gasteiger partial charge in [-0.25, -0.2) is 4.98 Å². The monoisotopic (exact) mass is 162 g/mol. The number of aliphatic hydroxyl groups is 1. The van der Waals surface area contributed by atoms with Crippen LogP contribution in [0.25, 0.3) is 0 Å². The second-order valence-electron chi connectivity index (χ2n) is 2.49. The smallest absolute Gasteiger partial charge is 0.131 e. The van der Waals surface area contributed by atoms with Gasteiger partial charge in [0.05, 0.1) is 11.9 Å². The molecule has 0 fully saturated rings. The summed E-state index contributed by atoms with van der Waals surface area (Å²) >= 11 is 0. The Balaban J connectivity index is 2.85. The number of rotatable bonds is 0. The van der Waals surface area contributed by atoms with Crippen LogP contribution >= 0.6 is 0 Å². The van der Waals surface area contributed by atoms with Crippen LogP contribution in [-0.2, 0) is 0 Å². The van der Waals surface area contributed by atoms with Crippen molar-refractivity contribution in [1.82, 2.24) is 9.97 Å². The second kappa shape index (κ2) is 3.84. The highest BCUT2D eigenvalue weighted by molar-refractivity contribution is 5.26. The van der Waals surface area contributed by atoms with Crippen LogP contribution in [0.4, 0.5) is 0 Å². The molecule has 0 aliphatic carbocycles. The molecule has 0 aliphatic rings. The molecule has 1 heterocycles. The molecule has 62 valence electrons. The normalized spacial score (nSPS) is 11.6. The van der Waals surface area contributed by atoms with Crippen molar-refractivity contribution in [2.45, 2.75) is 20.0 Å². The van der Waals surface area contributed by atoms with Gasteiger partial charge in [0.2, 0.25) is 0 Å². The molecule has 1 atom stereocenters. The minimum atomic E-state index is -0.618. The van der Waals surface area contributed by atoms with Crippen molar-refractivity contribution in [2.75, 3.05) is 0 Å². The van der Waals surface area contributed by atoms with Crippen LogP contribution in [0.3, 0.4) is 0 Å². The molecule has 1 aromatic heterocycles. The fourth-order valence-electron chi connectivity index (χ4n) is 0.702. The molecule has 0 saturated carbocycles. The Bertz CT molecular complexity index is 323. The standard InChI is InChI=1S/C9H10N2O/c1-7-5-10-6-9(11-7)4-3-8(2)12/h5-6,8,12H,1-2H3. The molecule has 0 aromatic carbocycles. The fourth-order valence-corrected chi connectivity index (χ4v) is 0.702. The van der Waals surface area contributed by atoms with E-state index in [1.54, 1.807) is 19.3 Å². The van der Waals surface area contributed by atoms with Gasteiger partial charge in [-0.1, -0.05) is 5.92 Å². The van der Waals surface area contributed by atoms with E-state index in [4.69, 9.17) is 5.11 Å². The van der Waals surface area contributed by atoms with Crippen LogP contribution in [0.15, 0.2) is 12.4 Å². The highest BCUT2D eigenvalue weighted by atomic mass is 16.3. The molecule has 3 nitrogen and oxygen atoms in total. The molecular weight excluding hydrogens is 152 g/mol. The zero-order valence-electron chi connectivity index (χ0n) is 7.07. The number of aliphatic hydroxyl groups excluding tert-OH is 1. The summed E-state index contributed by atoms with van der Waals surface area (Å²) < 4.78 is 0. The van der Waals surface area contributed by atoms with E-state index in [-0.39, 0.29) is 0 Å². The van der Waals surface area contributed by atoms with Gasteiger partial charge in [0.1, 0.15) is 11.8 Å². The van der Waals surface area contributed by atoms with Crippen molar-refractivity contribution >= 4 is 0 Å². The molecule has 0 radical (unpaired) electrons. The largest absolute Gasteiger partial charge is 0.381 e. The third kappa shape index (κ3) is 2.69. The highest BCUT2D eigenvalue weighted by Crippen LogP contribution is 1.91. The summed E-state index contributed by atoms with van der Waals surface area (Å²) in [6.07, 6.45) is 2.61. The number of aromatic nitrogens is 2. The molecule has 0 saturated heterocycles. The molecule has 0 spiro atoms. The van der Waals surface area contributed by atoms with E-state index in [2.05, 4.69) is 21.8 Å². The lowest BCUT2D eigenvalue weighted by molar-refractivity contribution is 0.253. The number of hydrogen-bond donors (Lipinski definition) is 1. The molecule has 12 heavy (non-hydrogen) atoms. The van der Waals surface area contributed by atoms with Crippen molar-refractivity contribution < 1.29 is 5.11 Å². The first-order chi connectivity index (χ1) is 5.68. The zero-order valence-corrected chi connectivity index (χ0v) is 7.07. The maximum atomic E-state index is 8.86. The van der Waals surface area contributed by atoms with Crippen molar-refractivity contribution in [3.8, 4) is 11.8 Å². The van der Waals surface area contributed by atoms with Gasteiger partial charge in [0.25, 0.3) is 0 Å². The molecule has 0 bridgehead atoms. The molecule has 0 amide bonds. The van der Waals surface area contributed by atoms with Gasteiger partial charge in [0.15, 0.2) is 0 Å². The SMILES string of the molecule is Cc1cncc(C#CC(C)O)n1. The Morgan fingerprint density at radius 2 is 2.25 bits per heavy atom. The molecule has 0 aliphatic heterocycles. The molecule has 1 aromatic rings. The lowest BCUT2D eigenvalue weighted by Gasteiger charge is -1.91. The average molecular weight is 162 g/mol. The van der Waals surface area contributed by atoms with E-state index in [1.165, 1.54) is 0 Å². The lowest BCUT2D eigenvalue weighted by Crippen LogP contribution is -1.94. The van der Waals surface area contributed by atoms with E-state index in [0.717, 1.165) is 5.69 Å². The van der Waals surface area contributed by atoms with Gasteiger partial charge in [0, 0.05) is 6.20 Å². The van der Waals surface area contributed by atoms with E-state index in [1.807, 2.05) is 6.92 Å². The number of aryl methyl sites for hydroxylation is 1. The fraction of sp³-hybridized carbons (Fsp3) is 0.333. The van der Waals surface area contributed by atoms with Gasteiger partial charge in [-0.05, 0) is 19.8 Å². The Hall–Kier alpha value is -1.40. The average Bonchev–Trinajstić information content (AvgIpc) is 2.01. The predicted molar refractivity (Wildman–Crippen MR) is 45.3 cm³/mol. The van der Waals surface area contributed by atoms with Crippen molar-refractivity contribution in [1.29, 1.82) is 0 Å². The van der Waals surface area contributed by atoms with Gasteiger partial charge in [-0.15, -0.1) is 0 Å². The van der Waals surface area contributed by atoms with E-state index < -0.39 is 6.10 Å². The first-order valence-corrected chi connectivity index (χ1v) is 3.67. The van der Waals surface area contributed by atoms with Crippen LogP contribution in [0.5, 0.6) is 0 Å². The van der Waals surface area contributed by atoms with Crippen LogP contribution in [0.1, 0.15) is 18.3 Å². The minimum Gasteiger partial charge on any atom is -0.381 e. The Labute approximate surface area is 71.5 Å². The first-order valence-electron chi connectivity index (χ1n) is 3.67. The van der Waals surface area contributed by atoms with Gasteiger partial charge >= 0.3 is 0 Å². The lowest BCUT2D eigenvalue weighted by atomic mass is 10.3. The van der Waals surface area contributed by atoms with Crippen LogP contribution in [0, 0.1) is 18.8 Å². The molecule has 1 unspecified atom stereocenters.